The Morgan fingerprint density at radius 2 is 1.58 bits per heavy atom. The molecule has 124 valence electrons. The molecular weight excluding hydrogens is 310 g/mol. The van der Waals surface area contributed by atoms with Crippen molar-refractivity contribution in [2.45, 2.75) is 6.42 Å². The van der Waals surface area contributed by atoms with E-state index in [9.17, 15) is 4.79 Å². The third-order valence-electron chi connectivity index (χ3n) is 3.29. The van der Waals surface area contributed by atoms with Crippen LogP contribution in [0.3, 0.4) is 0 Å². The number of carbonyl (C=O) groups is 1. The van der Waals surface area contributed by atoms with E-state index in [1.165, 1.54) is 21.3 Å². The van der Waals surface area contributed by atoms with Crippen molar-refractivity contribution in [3.05, 3.63) is 47.5 Å². The van der Waals surface area contributed by atoms with Gasteiger partial charge < -0.3 is 18.9 Å². The van der Waals surface area contributed by atoms with E-state index in [-0.39, 0.29) is 6.42 Å². The zero-order valence-electron chi connectivity index (χ0n) is 13.7. The first-order valence-electron chi connectivity index (χ1n) is 7.11. The molecule has 0 aliphatic carbocycles. The fourth-order valence-electron chi connectivity index (χ4n) is 2.17. The quantitative estimate of drug-likeness (QED) is 0.600. The molecule has 0 fully saturated rings. The van der Waals surface area contributed by atoms with E-state index >= 15 is 0 Å². The van der Waals surface area contributed by atoms with Crippen molar-refractivity contribution in [1.82, 2.24) is 0 Å². The highest BCUT2D eigenvalue weighted by molar-refractivity contribution is 5.76. The van der Waals surface area contributed by atoms with Crippen molar-refractivity contribution in [3.8, 4) is 29.1 Å². The molecule has 0 unspecified atom stereocenters. The zero-order valence-corrected chi connectivity index (χ0v) is 13.7. The Labute approximate surface area is 140 Å². The maximum absolute atomic E-state index is 12.1. The predicted molar refractivity (Wildman–Crippen MR) is 86.6 cm³/mol. The van der Waals surface area contributed by atoms with Gasteiger partial charge in [0.25, 0.3) is 0 Å². The topological polar surface area (TPSA) is 77.8 Å². The van der Waals surface area contributed by atoms with Gasteiger partial charge in [-0.15, -0.1) is 0 Å². The first-order chi connectivity index (χ1) is 11.6. The third-order valence-corrected chi connectivity index (χ3v) is 3.29. The molecule has 0 aromatic heterocycles. The highest BCUT2D eigenvalue weighted by atomic mass is 16.5. The van der Waals surface area contributed by atoms with Gasteiger partial charge in [0.1, 0.15) is 5.75 Å². The van der Waals surface area contributed by atoms with Crippen molar-refractivity contribution in [2.75, 3.05) is 21.3 Å². The number of methoxy groups -OCH3 is 3. The lowest BCUT2D eigenvalue weighted by atomic mass is 10.1. The molecule has 0 atom stereocenters. The summed E-state index contributed by atoms with van der Waals surface area (Å²) < 4.78 is 21.0. The van der Waals surface area contributed by atoms with Gasteiger partial charge in [-0.3, -0.25) is 4.79 Å². The number of ether oxygens (including phenoxy) is 4. The molecule has 0 aliphatic rings. The highest BCUT2D eigenvalue weighted by Gasteiger charge is 2.15. The average Bonchev–Trinajstić information content (AvgIpc) is 2.61. The molecule has 0 heterocycles. The smallest absolute Gasteiger partial charge is 0.315 e. The first kappa shape index (κ1) is 17.2. The van der Waals surface area contributed by atoms with Crippen LogP contribution in [0.5, 0.6) is 23.0 Å². The second kappa shape index (κ2) is 7.88. The van der Waals surface area contributed by atoms with Crippen molar-refractivity contribution in [3.63, 3.8) is 0 Å². The average molecular weight is 327 g/mol. The van der Waals surface area contributed by atoms with Crippen LogP contribution >= 0.6 is 0 Å². The number of hydrogen-bond acceptors (Lipinski definition) is 6. The number of rotatable bonds is 6. The summed E-state index contributed by atoms with van der Waals surface area (Å²) in [5, 5.41) is 8.76. The number of hydrogen-bond donors (Lipinski definition) is 0. The molecule has 6 heteroatoms. The summed E-state index contributed by atoms with van der Waals surface area (Å²) in [6, 6.07) is 11.7. The largest absolute Gasteiger partial charge is 0.493 e. The van der Waals surface area contributed by atoms with Crippen molar-refractivity contribution in [2.24, 2.45) is 0 Å². The fraction of sp³-hybridized carbons (Fsp3) is 0.222. The lowest BCUT2D eigenvalue weighted by Gasteiger charge is -2.14. The van der Waals surface area contributed by atoms with E-state index in [0.29, 0.717) is 34.1 Å². The number of esters is 1. The molecule has 0 bridgehead atoms. The summed E-state index contributed by atoms with van der Waals surface area (Å²) in [4.78, 5) is 12.1. The second-order valence-electron chi connectivity index (χ2n) is 4.82. The molecule has 2 rings (SSSR count). The number of nitrogens with zero attached hydrogens (tertiary/aromatic N) is 1. The van der Waals surface area contributed by atoms with Gasteiger partial charge in [0.2, 0.25) is 5.75 Å². The molecule has 2 aromatic carbocycles. The summed E-state index contributed by atoms with van der Waals surface area (Å²) in [6.45, 7) is 0. The number of benzene rings is 2. The van der Waals surface area contributed by atoms with Crippen molar-refractivity contribution in [1.29, 1.82) is 5.26 Å². The van der Waals surface area contributed by atoms with Crippen molar-refractivity contribution >= 4 is 5.97 Å². The molecule has 2 aromatic rings. The van der Waals surface area contributed by atoms with Crippen LogP contribution in [0.15, 0.2) is 36.4 Å². The minimum atomic E-state index is -0.436. The van der Waals surface area contributed by atoms with Crippen LogP contribution in [0.2, 0.25) is 0 Å². The Morgan fingerprint density at radius 3 is 2.04 bits per heavy atom. The van der Waals surface area contributed by atoms with E-state index in [2.05, 4.69) is 0 Å². The summed E-state index contributed by atoms with van der Waals surface area (Å²) >= 11 is 0. The maximum Gasteiger partial charge on any atom is 0.315 e. The molecule has 24 heavy (non-hydrogen) atoms. The highest BCUT2D eigenvalue weighted by Crippen LogP contribution is 2.38. The lowest BCUT2D eigenvalue weighted by Crippen LogP contribution is -2.11. The van der Waals surface area contributed by atoms with Crippen LogP contribution in [0.25, 0.3) is 0 Å². The standard InChI is InChI=1S/C18H17NO5/c1-21-15-8-13(9-16(22-2)18(15)23-3)10-17(20)24-14-6-4-12(11-19)5-7-14/h4-9H,10H2,1-3H3. The summed E-state index contributed by atoms with van der Waals surface area (Å²) in [6.07, 6.45) is 0.0384. The molecular formula is C18H17NO5. The summed E-state index contributed by atoms with van der Waals surface area (Å²) in [5.41, 5.74) is 1.17. The molecule has 0 amide bonds. The molecule has 6 nitrogen and oxygen atoms in total. The second-order valence-corrected chi connectivity index (χ2v) is 4.82. The van der Waals surface area contributed by atoms with Gasteiger partial charge in [0.15, 0.2) is 11.5 Å². The molecule has 0 aliphatic heterocycles. The summed E-state index contributed by atoms with van der Waals surface area (Å²) in [5.74, 6) is 1.35. The lowest BCUT2D eigenvalue weighted by molar-refractivity contribution is -0.133. The zero-order chi connectivity index (χ0) is 17.5. The predicted octanol–water partition coefficient (Wildman–Crippen LogP) is 2.73. The van der Waals surface area contributed by atoms with E-state index in [1.54, 1.807) is 36.4 Å². The van der Waals surface area contributed by atoms with Gasteiger partial charge in [-0.1, -0.05) is 0 Å². The van der Waals surface area contributed by atoms with Gasteiger partial charge in [0, 0.05) is 0 Å². The van der Waals surface area contributed by atoms with E-state index in [1.807, 2.05) is 6.07 Å². The number of nitriles is 1. The molecule has 0 saturated heterocycles. The van der Waals surface area contributed by atoms with Crippen LogP contribution in [0.4, 0.5) is 0 Å². The monoisotopic (exact) mass is 327 g/mol. The normalized spacial score (nSPS) is 9.75. The van der Waals surface area contributed by atoms with Gasteiger partial charge in [-0.2, -0.15) is 5.26 Å². The maximum atomic E-state index is 12.1. The van der Waals surface area contributed by atoms with Crippen LogP contribution in [-0.4, -0.2) is 27.3 Å². The minimum absolute atomic E-state index is 0.0384. The SMILES string of the molecule is COc1cc(CC(=O)Oc2ccc(C#N)cc2)cc(OC)c1OC. The van der Waals surface area contributed by atoms with E-state index < -0.39 is 5.97 Å². The van der Waals surface area contributed by atoms with E-state index in [4.69, 9.17) is 24.2 Å². The summed E-state index contributed by atoms with van der Waals surface area (Å²) in [7, 11) is 4.53. The first-order valence-corrected chi connectivity index (χ1v) is 7.11. The molecule has 0 N–H and O–H groups in total. The van der Waals surface area contributed by atoms with Crippen molar-refractivity contribution < 1.29 is 23.7 Å². The Hall–Kier alpha value is -3.20. The van der Waals surface area contributed by atoms with Crippen LogP contribution in [0.1, 0.15) is 11.1 Å². The van der Waals surface area contributed by atoms with Gasteiger partial charge in [-0.05, 0) is 42.0 Å². The van der Waals surface area contributed by atoms with Gasteiger partial charge >= 0.3 is 5.97 Å². The Kier molecular flexibility index (Phi) is 5.63. The van der Waals surface area contributed by atoms with Gasteiger partial charge in [0.05, 0.1) is 39.4 Å². The third kappa shape index (κ3) is 3.96. The minimum Gasteiger partial charge on any atom is -0.493 e. The fourth-order valence-corrected chi connectivity index (χ4v) is 2.17. The van der Waals surface area contributed by atoms with Gasteiger partial charge in [-0.25, -0.2) is 0 Å². The van der Waals surface area contributed by atoms with Crippen LogP contribution < -0.4 is 18.9 Å². The van der Waals surface area contributed by atoms with E-state index in [0.717, 1.165) is 0 Å². The number of carbonyl (C=O) groups excluding carboxylic acids is 1. The molecule has 0 saturated carbocycles. The molecule has 0 radical (unpaired) electrons. The van der Waals surface area contributed by atoms with Crippen LogP contribution in [0, 0.1) is 11.3 Å². The Morgan fingerprint density at radius 1 is 1.00 bits per heavy atom. The Bertz CT molecular complexity index is 737. The molecule has 0 spiro atoms. The Balaban J connectivity index is 2.14. The van der Waals surface area contributed by atoms with Crippen LogP contribution in [-0.2, 0) is 11.2 Å².